The minimum absolute atomic E-state index is 0. The standard InChI is InChI=1S/C19H27N3O2.ClH/c1-18(2,3)16-9-15(22-24-16)17(23)21-14-10-19(11-14,12-20)13-7-5-4-6-8-13;/h4-8,14,16H,9-12,20H2,1-3H3,(H,21,23);1H/t14?,16-,19?;/m0./s1. The zero-order valence-electron chi connectivity index (χ0n) is 15.1. The van der Waals surface area contributed by atoms with E-state index in [9.17, 15) is 4.79 Å². The Morgan fingerprint density at radius 3 is 2.48 bits per heavy atom. The van der Waals surface area contributed by atoms with E-state index in [1.807, 2.05) is 18.2 Å². The van der Waals surface area contributed by atoms with Crippen LogP contribution in [-0.2, 0) is 15.0 Å². The first-order valence-corrected chi connectivity index (χ1v) is 8.63. The van der Waals surface area contributed by atoms with Gasteiger partial charge >= 0.3 is 0 Å². The number of halogens is 1. The van der Waals surface area contributed by atoms with Crippen LogP contribution in [0.1, 0.15) is 45.6 Å². The van der Waals surface area contributed by atoms with E-state index in [0.29, 0.717) is 18.7 Å². The van der Waals surface area contributed by atoms with Crippen molar-refractivity contribution in [3.8, 4) is 0 Å². The molecule has 0 spiro atoms. The molecule has 3 rings (SSSR count). The third-order valence-corrected chi connectivity index (χ3v) is 5.28. The van der Waals surface area contributed by atoms with E-state index >= 15 is 0 Å². The van der Waals surface area contributed by atoms with Gasteiger partial charge in [-0.3, -0.25) is 4.79 Å². The van der Waals surface area contributed by atoms with E-state index in [4.69, 9.17) is 10.6 Å². The van der Waals surface area contributed by atoms with Crippen molar-refractivity contribution in [2.24, 2.45) is 16.3 Å². The van der Waals surface area contributed by atoms with Gasteiger partial charge in [-0.25, -0.2) is 0 Å². The number of nitrogens with one attached hydrogen (secondary N) is 1. The highest BCUT2D eigenvalue weighted by Crippen LogP contribution is 2.43. The largest absolute Gasteiger partial charge is 0.391 e. The Balaban J connectivity index is 0.00000225. The Labute approximate surface area is 155 Å². The number of carbonyl (C=O) groups excluding carboxylic acids is 1. The molecule has 1 heterocycles. The van der Waals surface area contributed by atoms with Crippen molar-refractivity contribution in [2.75, 3.05) is 6.54 Å². The molecule has 3 N–H and O–H groups in total. The van der Waals surface area contributed by atoms with Crippen molar-refractivity contribution in [1.29, 1.82) is 0 Å². The number of rotatable bonds is 4. The van der Waals surface area contributed by atoms with Crippen LogP contribution in [0.2, 0.25) is 0 Å². The van der Waals surface area contributed by atoms with Crippen molar-refractivity contribution in [3.05, 3.63) is 35.9 Å². The Bertz CT molecular complexity index is 634. The van der Waals surface area contributed by atoms with Gasteiger partial charge < -0.3 is 15.9 Å². The molecule has 1 aliphatic carbocycles. The number of hydrogen-bond donors (Lipinski definition) is 2. The number of oxime groups is 1. The SMILES string of the molecule is CC(C)(C)[C@@H]1CC(C(=O)NC2CC(CN)(c3ccccc3)C2)=NO1.Cl. The minimum atomic E-state index is -0.106. The first-order chi connectivity index (χ1) is 11.3. The number of amides is 1. The lowest BCUT2D eigenvalue weighted by atomic mass is 9.61. The van der Waals surface area contributed by atoms with Gasteiger partial charge in [0.2, 0.25) is 0 Å². The predicted molar refractivity (Wildman–Crippen MR) is 102 cm³/mol. The highest BCUT2D eigenvalue weighted by molar-refractivity contribution is 6.39. The Morgan fingerprint density at radius 2 is 1.96 bits per heavy atom. The predicted octanol–water partition coefficient (Wildman–Crippen LogP) is 2.77. The number of hydrogen-bond acceptors (Lipinski definition) is 4. The van der Waals surface area contributed by atoms with Gasteiger partial charge in [-0.2, -0.15) is 0 Å². The summed E-state index contributed by atoms with van der Waals surface area (Å²) >= 11 is 0. The second-order valence-electron chi connectivity index (χ2n) is 8.13. The maximum Gasteiger partial charge on any atom is 0.269 e. The first-order valence-electron chi connectivity index (χ1n) is 8.63. The molecule has 2 aliphatic rings. The van der Waals surface area contributed by atoms with Crippen LogP contribution in [0.5, 0.6) is 0 Å². The molecule has 0 radical (unpaired) electrons. The summed E-state index contributed by atoms with van der Waals surface area (Å²) in [7, 11) is 0. The van der Waals surface area contributed by atoms with Crippen molar-refractivity contribution in [2.45, 2.75) is 57.6 Å². The molecule has 1 aliphatic heterocycles. The topological polar surface area (TPSA) is 76.7 Å². The summed E-state index contributed by atoms with van der Waals surface area (Å²) in [6.45, 7) is 6.87. The normalized spacial score (nSPS) is 28.2. The molecule has 138 valence electrons. The van der Waals surface area contributed by atoms with Crippen LogP contribution in [0, 0.1) is 5.41 Å². The average molecular weight is 366 g/mol. The lowest BCUT2D eigenvalue weighted by Crippen LogP contribution is -2.57. The average Bonchev–Trinajstić information content (AvgIpc) is 3.01. The Morgan fingerprint density at radius 1 is 1.32 bits per heavy atom. The number of benzene rings is 1. The van der Waals surface area contributed by atoms with Gasteiger partial charge in [0.1, 0.15) is 11.8 Å². The lowest BCUT2D eigenvalue weighted by Gasteiger charge is -2.47. The van der Waals surface area contributed by atoms with Gasteiger partial charge in [0.15, 0.2) is 0 Å². The second kappa shape index (κ2) is 7.34. The third-order valence-electron chi connectivity index (χ3n) is 5.28. The van der Waals surface area contributed by atoms with Crippen LogP contribution in [0.3, 0.4) is 0 Å². The summed E-state index contributed by atoms with van der Waals surface area (Å²) < 4.78 is 0. The maximum atomic E-state index is 12.4. The zero-order valence-corrected chi connectivity index (χ0v) is 15.9. The van der Waals surface area contributed by atoms with Gasteiger partial charge in [-0.05, 0) is 18.4 Å². The summed E-state index contributed by atoms with van der Waals surface area (Å²) in [6.07, 6.45) is 2.28. The van der Waals surface area contributed by atoms with Gasteiger partial charge in [0.05, 0.1) is 0 Å². The summed E-state index contributed by atoms with van der Waals surface area (Å²) in [5.41, 5.74) is 7.75. The van der Waals surface area contributed by atoms with Crippen molar-refractivity contribution < 1.29 is 9.63 Å². The van der Waals surface area contributed by atoms with Gasteiger partial charge in [-0.15, -0.1) is 12.4 Å². The van der Waals surface area contributed by atoms with Crippen LogP contribution in [0.25, 0.3) is 0 Å². The van der Waals surface area contributed by atoms with Crippen LogP contribution >= 0.6 is 12.4 Å². The second-order valence-corrected chi connectivity index (χ2v) is 8.13. The summed E-state index contributed by atoms with van der Waals surface area (Å²) in [5.74, 6) is -0.106. The molecular weight excluding hydrogens is 338 g/mol. The lowest BCUT2D eigenvalue weighted by molar-refractivity contribution is -0.116. The molecule has 5 nitrogen and oxygen atoms in total. The van der Waals surface area contributed by atoms with E-state index < -0.39 is 0 Å². The molecule has 0 unspecified atom stereocenters. The van der Waals surface area contributed by atoms with Gasteiger partial charge in [0.25, 0.3) is 5.91 Å². The van der Waals surface area contributed by atoms with Gasteiger partial charge in [-0.1, -0.05) is 56.3 Å². The molecule has 1 atom stereocenters. The molecule has 0 bridgehead atoms. The monoisotopic (exact) mass is 365 g/mol. The number of nitrogens with two attached hydrogens (primary N) is 1. The van der Waals surface area contributed by atoms with Crippen LogP contribution in [0.15, 0.2) is 35.5 Å². The van der Waals surface area contributed by atoms with E-state index in [0.717, 1.165) is 12.8 Å². The molecule has 0 aromatic heterocycles. The quantitative estimate of drug-likeness (QED) is 0.861. The van der Waals surface area contributed by atoms with Crippen LogP contribution < -0.4 is 11.1 Å². The molecule has 25 heavy (non-hydrogen) atoms. The van der Waals surface area contributed by atoms with Crippen molar-refractivity contribution in [1.82, 2.24) is 5.32 Å². The van der Waals surface area contributed by atoms with E-state index in [2.05, 4.69) is 43.4 Å². The highest BCUT2D eigenvalue weighted by Gasteiger charge is 2.45. The summed E-state index contributed by atoms with van der Waals surface area (Å²) in [5, 5.41) is 7.07. The molecule has 1 amide bonds. The fourth-order valence-electron chi connectivity index (χ4n) is 3.54. The van der Waals surface area contributed by atoms with E-state index in [-0.39, 0.29) is 41.3 Å². The fourth-order valence-corrected chi connectivity index (χ4v) is 3.54. The Hall–Kier alpha value is -1.59. The van der Waals surface area contributed by atoms with Crippen LogP contribution in [-0.4, -0.2) is 30.3 Å². The number of carbonyl (C=O) groups is 1. The first kappa shape index (κ1) is 19.7. The highest BCUT2D eigenvalue weighted by atomic mass is 35.5. The Kier molecular flexibility index (Phi) is 5.79. The summed E-state index contributed by atoms with van der Waals surface area (Å²) in [6, 6.07) is 10.5. The molecule has 1 saturated carbocycles. The van der Waals surface area contributed by atoms with Gasteiger partial charge in [0, 0.05) is 29.8 Å². The summed E-state index contributed by atoms with van der Waals surface area (Å²) in [4.78, 5) is 17.8. The number of nitrogens with zero attached hydrogens (tertiary/aromatic N) is 1. The van der Waals surface area contributed by atoms with Crippen molar-refractivity contribution in [3.63, 3.8) is 0 Å². The molecule has 0 saturated heterocycles. The fraction of sp³-hybridized carbons (Fsp3) is 0.579. The maximum absolute atomic E-state index is 12.4. The van der Waals surface area contributed by atoms with Crippen LogP contribution in [0.4, 0.5) is 0 Å². The smallest absolute Gasteiger partial charge is 0.269 e. The zero-order chi connectivity index (χ0) is 17.4. The molecule has 1 fully saturated rings. The molecule has 6 heteroatoms. The molecule has 1 aromatic carbocycles. The molecular formula is C19H28ClN3O2. The van der Waals surface area contributed by atoms with Crippen molar-refractivity contribution >= 4 is 24.0 Å². The third kappa shape index (κ3) is 3.98. The van der Waals surface area contributed by atoms with E-state index in [1.54, 1.807) is 0 Å². The molecule has 1 aromatic rings. The minimum Gasteiger partial charge on any atom is -0.391 e. The van der Waals surface area contributed by atoms with E-state index in [1.165, 1.54) is 5.56 Å².